The Morgan fingerprint density at radius 2 is 2.15 bits per heavy atom. The van der Waals surface area contributed by atoms with Gasteiger partial charge >= 0.3 is 12.0 Å². The Hall–Kier alpha value is -2.08. The molecular weight excluding hydrogens is 276 g/mol. The summed E-state index contributed by atoms with van der Waals surface area (Å²) in [7, 11) is 0. The van der Waals surface area contributed by atoms with Gasteiger partial charge in [-0.05, 0) is 41.5 Å². The van der Waals surface area contributed by atoms with Gasteiger partial charge in [-0.3, -0.25) is 4.79 Å². The van der Waals surface area contributed by atoms with Gasteiger partial charge in [-0.25, -0.2) is 4.79 Å². The minimum atomic E-state index is -0.896. The van der Waals surface area contributed by atoms with Gasteiger partial charge in [0.1, 0.15) is 0 Å². The number of fused-ring (bicyclic) bond motifs is 1. The average molecular weight is 292 g/mol. The number of carbonyl (C=O) groups excluding carboxylic acids is 1. The maximum Gasteiger partial charge on any atom is 0.319 e. The minimum absolute atomic E-state index is 0.123. The van der Waals surface area contributed by atoms with Crippen molar-refractivity contribution < 1.29 is 14.7 Å². The second kappa shape index (κ2) is 6.38. The number of amides is 2. The zero-order valence-electron chi connectivity index (χ0n) is 11.1. The number of thiophene rings is 1. The molecule has 1 aromatic heterocycles. The summed E-state index contributed by atoms with van der Waals surface area (Å²) >= 11 is 1.64. The molecule has 20 heavy (non-hydrogen) atoms. The fourth-order valence-corrected chi connectivity index (χ4v) is 2.61. The van der Waals surface area contributed by atoms with Gasteiger partial charge in [0.25, 0.3) is 0 Å². The smallest absolute Gasteiger partial charge is 0.319 e. The molecule has 1 unspecified atom stereocenters. The Labute approximate surface area is 120 Å². The first-order valence-corrected chi connectivity index (χ1v) is 7.23. The summed E-state index contributed by atoms with van der Waals surface area (Å²) in [5, 5.41) is 17.2. The van der Waals surface area contributed by atoms with Gasteiger partial charge in [0.15, 0.2) is 0 Å². The number of rotatable bonds is 5. The van der Waals surface area contributed by atoms with E-state index >= 15 is 0 Å². The van der Waals surface area contributed by atoms with Crippen molar-refractivity contribution >= 4 is 39.1 Å². The molecule has 1 atom stereocenters. The lowest BCUT2D eigenvalue weighted by molar-refractivity contribution is -0.141. The zero-order chi connectivity index (χ0) is 14.5. The highest BCUT2D eigenvalue weighted by Crippen LogP contribution is 2.23. The molecule has 0 saturated heterocycles. The van der Waals surface area contributed by atoms with Crippen LogP contribution in [-0.2, 0) is 4.79 Å². The monoisotopic (exact) mass is 292 g/mol. The molecule has 106 valence electrons. The first-order chi connectivity index (χ1) is 9.60. The number of aliphatic carboxylic acids is 1. The number of nitrogens with one attached hydrogen (secondary N) is 2. The lowest BCUT2D eigenvalue weighted by Crippen LogP contribution is -2.35. The number of hydrogen-bond acceptors (Lipinski definition) is 3. The number of carboxylic acids is 1. The van der Waals surface area contributed by atoms with E-state index in [9.17, 15) is 9.59 Å². The van der Waals surface area contributed by atoms with Crippen molar-refractivity contribution in [3.05, 3.63) is 29.6 Å². The minimum Gasteiger partial charge on any atom is -0.481 e. The number of benzene rings is 1. The van der Waals surface area contributed by atoms with Crippen LogP contribution in [0.15, 0.2) is 29.6 Å². The molecule has 1 heterocycles. The third-order valence-corrected chi connectivity index (χ3v) is 3.96. The predicted molar refractivity (Wildman–Crippen MR) is 80.3 cm³/mol. The van der Waals surface area contributed by atoms with E-state index in [0.717, 1.165) is 10.1 Å². The lowest BCUT2D eigenvalue weighted by atomic mass is 10.1. The summed E-state index contributed by atoms with van der Waals surface area (Å²) in [4.78, 5) is 22.6. The largest absolute Gasteiger partial charge is 0.481 e. The standard InChI is InChI=1S/C14H16N2O3S/c1-2-9(13(17)18)8-15-14(19)16-11-3-4-12-10(7-11)5-6-20-12/h3-7,9H,2,8H2,1H3,(H,17,18)(H2,15,16,19). The summed E-state index contributed by atoms with van der Waals surface area (Å²) in [6.07, 6.45) is 0.483. The molecule has 0 radical (unpaired) electrons. The molecule has 3 N–H and O–H groups in total. The third-order valence-electron chi connectivity index (χ3n) is 3.06. The zero-order valence-corrected chi connectivity index (χ0v) is 11.9. The highest BCUT2D eigenvalue weighted by atomic mass is 32.1. The molecule has 5 nitrogen and oxygen atoms in total. The molecule has 0 aliphatic carbocycles. The van der Waals surface area contributed by atoms with E-state index in [1.165, 1.54) is 0 Å². The molecule has 0 aliphatic heterocycles. The van der Waals surface area contributed by atoms with Crippen molar-refractivity contribution in [1.82, 2.24) is 5.32 Å². The quantitative estimate of drug-likeness (QED) is 0.792. The van der Waals surface area contributed by atoms with E-state index < -0.39 is 11.9 Å². The van der Waals surface area contributed by atoms with Crippen LogP contribution in [0.4, 0.5) is 10.5 Å². The van der Waals surface area contributed by atoms with Gasteiger partial charge in [-0.15, -0.1) is 11.3 Å². The van der Waals surface area contributed by atoms with Crippen molar-refractivity contribution in [1.29, 1.82) is 0 Å². The number of urea groups is 1. The van der Waals surface area contributed by atoms with Gasteiger partial charge in [0, 0.05) is 16.9 Å². The summed E-state index contributed by atoms with van der Waals surface area (Å²) in [5.74, 6) is -1.45. The lowest BCUT2D eigenvalue weighted by Gasteiger charge is -2.12. The van der Waals surface area contributed by atoms with Crippen molar-refractivity contribution in [2.45, 2.75) is 13.3 Å². The van der Waals surface area contributed by atoms with Crippen LogP contribution in [0.2, 0.25) is 0 Å². The second-order valence-electron chi connectivity index (χ2n) is 4.45. The molecule has 0 fully saturated rings. The molecule has 2 aromatic rings. The summed E-state index contributed by atoms with van der Waals surface area (Å²) in [6.45, 7) is 1.90. The maximum absolute atomic E-state index is 11.7. The fraction of sp³-hybridized carbons (Fsp3) is 0.286. The summed E-state index contributed by atoms with van der Waals surface area (Å²) < 4.78 is 1.16. The Bertz CT molecular complexity index is 624. The molecule has 0 saturated carbocycles. The first-order valence-electron chi connectivity index (χ1n) is 6.35. The highest BCUT2D eigenvalue weighted by molar-refractivity contribution is 7.17. The predicted octanol–water partition coefficient (Wildman–Crippen LogP) is 3.13. The van der Waals surface area contributed by atoms with Crippen molar-refractivity contribution in [2.75, 3.05) is 11.9 Å². The number of carboxylic acid groups (broad SMARTS) is 1. The highest BCUT2D eigenvalue weighted by Gasteiger charge is 2.15. The summed E-state index contributed by atoms with van der Waals surface area (Å²) in [5.41, 5.74) is 0.691. The van der Waals surface area contributed by atoms with E-state index in [-0.39, 0.29) is 12.6 Å². The van der Waals surface area contributed by atoms with Crippen LogP contribution < -0.4 is 10.6 Å². The Morgan fingerprint density at radius 3 is 2.85 bits per heavy atom. The van der Waals surface area contributed by atoms with Gasteiger partial charge in [-0.2, -0.15) is 0 Å². The van der Waals surface area contributed by atoms with Gasteiger partial charge in [0.05, 0.1) is 5.92 Å². The molecule has 0 spiro atoms. The van der Waals surface area contributed by atoms with Gasteiger partial charge < -0.3 is 15.7 Å². The van der Waals surface area contributed by atoms with Crippen LogP contribution in [0, 0.1) is 5.92 Å². The topological polar surface area (TPSA) is 78.4 Å². The first kappa shape index (κ1) is 14.3. The Kier molecular flexibility index (Phi) is 4.57. The van der Waals surface area contributed by atoms with Crippen LogP contribution in [0.1, 0.15) is 13.3 Å². The van der Waals surface area contributed by atoms with E-state index in [1.807, 2.05) is 29.6 Å². The number of hydrogen-bond donors (Lipinski definition) is 3. The average Bonchev–Trinajstić information content (AvgIpc) is 2.86. The molecular formula is C14H16N2O3S. The van der Waals surface area contributed by atoms with Crippen LogP contribution in [0.25, 0.3) is 10.1 Å². The van der Waals surface area contributed by atoms with Crippen LogP contribution in [0.5, 0.6) is 0 Å². The number of anilines is 1. The Morgan fingerprint density at radius 1 is 1.35 bits per heavy atom. The van der Waals surface area contributed by atoms with E-state index in [4.69, 9.17) is 5.11 Å². The van der Waals surface area contributed by atoms with Crippen LogP contribution >= 0.6 is 11.3 Å². The molecule has 6 heteroatoms. The van der Waals surface area contributed by atoms with E-state index in [2.05, 4.69) is 10.6 Å². The van der Waals surface area contributed by atoms with E-state index in [0.29, 0.717) is 12.1 Å². The third kappa shape index (κ3) is 3.48. The van der Waals surface area contributed by atoms with Crippen molar-refractivity contribution in [2.24, 2.45) is 5.92 Å². The van der Waals surface area contributed by atoms with Gasteiger partial charge in [0.2, 0.25) is 0 Å². The normalized spacial score (nSPS) is 12.1. The van der Waals surface area contributed by atoms with Crippen LogP contribution in [-0.4, -0.2) is 23.7 Å². The van der Waals surface area contributed by atoms with E-state index in [1.54, 1.807) is 18.3 Å². The number of carbonyl (C=O) groups is 2. The van der Waals surface area contributed by atoms with Crippen molar-refractivity contribution in [3.8, 4) is 0 Å². The molecule has 0 bridgehead atoms. The summed E-state index contributed by atoms with van der Waals surface area (Å²) in [6, 6.07) is 7.26. The van der Waals surface area contributed by atoms with Crippen molar-refractivity contribution in [3.63, 3.8) is 0 Å². The van der Waals surface area contributed by atoms with Crippen LogP contribution in [0.3, 0.4) is 0 Å². The molecule has 2 rings (SSSR count). The molecule has 1 aromatic carbocycles. The maximum atomic E-state index is 11.7. The fourth-order valence-electron chi connectivity index (χ4n) is 1.84. The Balaban J connectivity index is 1.92. The SMILES string of the molecule is CCC(CNC(=O)Nc1ccc2sccc2c1)C(=O)O. The molecule has 0 aliphatic rings. The second-order valence-corrected chi connectivity index (χ2v) is 5.40. The van der Waals surface area contributed by atoms with Gasteiger partial charge in [-0.1, -0.05) is 6.92 Å². The molecule has 2 amide bonds.